The average Bonchev–Trinajstić information content (AvgIpc) is 3.18. The van der Waals surface area contributed by atoms with Gasteiger partial charge in [0.05, 0.1) is 12.3 Å². The van der Waals surface area contributed by atoms with Crippen molar-refractivity contribution in [2.45, 2.75) is 13.3 Å². The molecule has 7 nitrogen and oxygen atoms in total. The molecule has 4 rings (SSSR count). The van der Waals surface area contributed by atoms with Crippen LogP contribution >= 0.6 is 0 Å². The molecular weight excluding hydrogens is 406 g/mol. The van der Waals surface area contributed by atoms with Crippen LogP contribution in [0, 0.1) is 24.2 Å². The van der Waals surface area contributed by atoms with E-state index in [9.17, 15) is 19.8 Å². The molecule has 1 saturated heterocycles. The molecule has 0 bridgehead atoms. The summed E-state index contributed by atoms with van der Waals surface area (Å²) in [5.41, 5.74) is 2.99. The second kappa shape index (κ2) is 8.61. The number of aromatic nitrogens is 2. The van der Waals surface area contributed by atoms with E-state index in [-0.39, 0.29) is 18.2 Å². The lowest BCUT2D eigenvalue weighted by molar-refractivity contribution is -0.126. The first-order chi connectivity index (χ1) is 15.4. The predicted molar refractivity (Wildman–Crippen MR) is 119 cm³/mol. The van der Waals surface area contributed by atoms with Gasteiger partial charge in [0.25, 0.3) is 0 Å². The van der Waals surface area contributed by atoms with Crippen molar-refractivity contribution >= 4 is 11.9 Å². The van der Waals surface area contributed by atoms with Crippen LogP contribution in [0.5, 0.6) is 0 Å². The zero-order chi connectivity index (χ0) is 22.7. The van der Waals surface area contributed by atoms with Gasteiger partial charge >= 0.3 is 5.97 Å². The molecule has 3 heterocycles. The lowest BCUT2D eigenvalue weighted by Crippen LogP contribution is -2.33. The molecule has 0 aliphatic carbocycles. The number of carboxylic acids is 1. The topological polar surface area (TPSA) is 112 Å². The Morgan fingerprint density at radius 3 is 2.66 bits per heavy atom. The zero-order valence-electron chi connectivity index (χ0n) is 17.4. The maximum Gasteiger partial charge on any atom is 0.354 e. The molecule has 0 radical (unpaired) electrons. The van der Waals surface area contributed by atoms with Crippen molar-refractivity contribution in [2.75, 3.05) is 13.2 Å². The van der Waals surface area contributed by atoms with Gasteiger partial charge in [0.2, 0.25) is 5.91 Å². The number of carbonyl (C=O) groups excluding carboxylic acids is 1. The molecule has 1 amide bonds. The number of aryl methyl sites for hydroxylation is 1. The van der Waals surface area contributed by atoms with Crippen LogP contribution in [0.2, 0.25) is 0 Å². The molecule has 1 atom stereocenters. The van der Waals surface area contributed by atoms with E-state index in [0.29, 0.717) is 35.3 Å². The minimum absolute atomic E-state index is 0.0728. The largest absolute Gasteiger partial charge is 0.477 e. The number of aliphatic hydroxyl groups is 1. The van der Waals surface area contributed by atoms with Crippen LogP contribution in [0.4, 0.5) is 0 Å². The van der Waals surface area contributed by atoms with Crippen LogP contribution in [0.3, 0.4) is 0 Å². The quantitative estimate of drug-likeness (QED) is 0.552. The minimum Gasteiger partial charge on any atom is -0.477 e. The average molecular weight is 427 g/mol. The van der Waals surface area contributed by atoms with Crippen LogP contribution in [-0.4, -0.2) is 45.2 Å². The van der Waals surface area contributed by atoms with E-state index in [1.807, 2.05) is 31.2 Å². The van der Waals surface area contributed by atoms with Gasteiger partial charge in [-0.1, -0.05) is 30.0 Å². The highest BCUT2D eigenvalue weighted by molar-refractivity contribution is 5.89. The Morgan fingerprint density at radius 2 is 2.00 bits per heavy atom. The Hall–Kier alpha value is -4.02. The second-order valence-electron chi connectivity index (χ2n) is 7.70. The molecule has 32 heavy (non-hydrogen) atoms. The maximum absolute atomic E-state index is 12.1. The lowest BCUT2D eigenvalue weighted by Gasteiger charge is -2.15. The van der Waals surface area contributed by atoms with Crippen molar-refractivity contribution in [3.05, 3.63) is 71.7 Å². The Labute approximate surface area is 185 Å². The van der Waals surface area contributed by atoms with E-state index in [1.165, 1.54) is 6.07 Å². The van der Waals surface area contributed by atoms with E-state index in [1.54, 1.807) is 24.4 Å². The SMILES string of the molecule is Cc1ccc(-c2cc(C(=O)O)nc(-c3cccc(C#C[C@@]4(CO)CCNC4=O)c3)c2)cn1. The van der Waals surface area contributed by atoms with Gasteiger partial charge in [0, 0.05) is 35.1 Å². The molecule has 1 aliphatic heterocycles. The van der Waals surface area contributed by atoms with Gasteiger partial charge in [-0.15, -0.1) is 0 Å². The number of hydrogen-bond acceptors (Lipinski definition) is 5. The summed E-state index contributed by atoms with van der Waals surface area (Å²) < 4.78 is 0. The van der Waals surface area contributed by atoms with Crippen LogP contribution in [-0.2, 0) is 4.79 Å². The summed E-state index contributed by atoms with van der Waals surface area (Å²) in [7, 11) is 0. The number of carbonyl (C=O) groups is 2. The first kappa shape index (κ1) is 21.2. The zero-order valence-corrected chi connectivity index (χ0v) is 17.4. The van der Waals surface area contributed by atoms with Gasteiger partial charge in [-0.05, 0) is 49.2 Å². The monoisotopic (exact) mass is 427 g/mol. The van der Waals surface area contributed by atoms with Crippen LogP contribution in [0.25, 0.3) is 22.4 Å². The number of amides is 1. The molecule has 1 aromatic carbocycles. The molecule has 2 aromatic heterocycles. The van der Waals surface area contributed by atoms with E-state index in [4.69, 9.17) is 0 Å². The van der Waals surface area contributed by atoms with E-state index >= 15 is 0 Å². The minimum atomic E-state index is -1.12. The summed E-state index contributed by atoms with van der Waals surface area (Å²) in [5.74, 6) is 4.52. The smallest absolute Gasteiger partial charge is 0.354 e. The summed E-state index contributed by atoms with van der Waals surface area (Å²) in [6.07, 6.45) is 2.15. The molecule has 0 saturated carbocycles. The molecular formula is C25H21N3O4. The highest BCUT2D eigenvalue weighted by Crippen LogP contribution is 2.28. The van der Waals surface area contributed by atoms with Gasteiger partial charge in [-0.3, -0.25) is 9.78 Å². The van der Waals surface area contributed by atoms with E-state index in [0.717, 1.165) is 11.3 Å². The first-order valence-electron chi connectivity index (χ1n) is 10.1. The molecule has 1 aliphatic rings. The van der Waals surface area contributed by atoms with Crippen LogP contribution in [0.15, 0.2) is 54.7 Å². The summed E-state index contributed by atoms with van der Waals surface area (Å²) in [6.45, 7) is 2.02. The number of pyridine rings is 2. The van der Waals surface area contributed by atoms with Crippen molar-refractivity contribution in [1.29, 1.82) is 0 Å². The Morgan fingerprint density at radius 1 is 1.16 bits per heavy atom. The number of nitrogens with one attached hydrogen (secondary N) is 1. The number of aromatic carboxylic acids is 1. The first-order valence-corrected chi connectivity index (χ1v) is 10.1. The third-order valence-corrected chi connectivity index (χ3v) is 5.44. The number of benzene rings is 1. The number of hydrogen-bond donors (Lipinski definition) is 3. The highest BCUT2D eigenvalue weighted by atomic mass is 16.4. The Bertz CT molecular complexity index is 1260. The summed E-state index contributed by atoms with van der Waals surface area (Å²) in [6, 6.07) is 14.3. The summed E-state index contributed by atoms with van der Waals surface area (Å²) in [5, 5.41) is 22.0. The molecule has 7 heteroatoms. The fraction of sp³-hybridized carbons (Fsp3) is 0.200. The van der Waals surface area contributed by atoms with Gasteiger partial charge in [0.15, 0.2) is 0 Å². The van der Waals surface area contributed by atoms with Crippen molar-refractivity contribution in [3.8, 4) is 34.2 Å². The number of carboxylic acid groups (broad SMARTS) is 1. The third-order valence-electron chi connectivity index (χ3n) is 5.44. The van der Waals surface area contributed by atoms with Crippen molar-refractivity contribution in [2.24, 2.45) is 5.41 Å². The maximum atomic E-state index is 12.1. The Balaban J connectivity index is 1.74. The fourth-order valence-corrected chi connectivity index (χ4v) is 3.52. The Kier molecular flexibility index (Phi) is 5.71. The van der Waals surface area contributed by atoms with Gasteiger partial charge in [-0.25, -0.2) is 9.78 Å². The summed E-state index contributed by atoms with van der Waals surface area (Å²) >= 11 is 0. The number of aliphatic hydroxyl groups excluding tert-OH is 1. The molecule has 0 spiro atoms. The van der Waals surface area contributed by atoms with Crippen molar-refractivity contribution in [3.63, 3.8) is 0 Å². The molecule has 3 N–H and O–H groups in total. The molecule has 0 unspecified atom stereocenters. The van der Waals surface area contributed by atoms with Crippen molar-refractivity contribution < 1.29 is 19.8 Å². The van der Waals surface area contributed by atoms with Gasteiger partial charge in [-0.2, -0.15) is 0 Å². The molecule has 3 aromatic rings. The second-order valence-corrected chi connectivity index (χ2v) is 7.70. The molecule has 1 fully saturated rings. The van der Waals surface area contributed by atoms with Gasteiger partial charge in [0.1, 0.15) is 11.1 Å². The summed E-state index contributed by atoms with van der Waals surface area (Å²) in [4.78, 5) is 32.3. The third kappa shape index (κ3) is 4.22. The van der Waals surface area contributed by atoms with Crippen LogP contribution < -0.4 is 5.32 Å². The van der Waals surface area contributed by atoms with E-state index < -0.39 is 11.4 Å². The van der Waals surface area contributed by atoms with Crippen LogP contribution in [0.1, 0.15) is 28.2 Å². The fourth-order valence-electron chi connectivity index (χ4n) is 3.52. The number of rotatable bonds is 4. The standard InChI is InChI=1S/C25H21N3O4/c1-16-5-6-19(14-27-16)20-12-21(28-22(13-20)23(30)31)18-4-2-3-17(11-18)7-8-25(15-29)9-10-26-24(25)32/h2-6,11-14,29H,9-10,15H2,1H3,(H,26,32)(H,30,31)/t25-/m0/s1. The predicted octanol–water partition coefficient (Wildman–Crippen LogP) is 2.67. The van der Waals surface area contributed by atoms with E-state index in [2.05, 4.69) is 27.1 Å². The number of nitrogens with zero attached hydrogens (tertiary/aromatic N) is 2. The lowest BCUT2D eigenvalue weighted by atomic mass is 9.88. The highest BCUT2D eigenvalue weighted by Gasteiger charge is 2.40. The van der Waals surface area contributed by atoms with Crippen molar-refractivity contribution in [1.82, 2.24) is 15.3 Å². The van der Waals surface area contributed by atoms with Gasteiger partial charge < -0.3 is 15.5 Å². The normalized spacial score (nSPS) is 17.4. The molecule has 160 valence electrons.